The largest absolute Gasteiger partial charge is 0.342 e. The van der Waals surface area contributed by atoms with E-state index in [9.17, 15) is 0 Å². The lowest BCUT2D eigenvalue weighted by molar-refractivity contribution is 0.496. The maximum atomic E-state index is 4.91. The fourth-order valence-corrected chi connectivity index (χ4v) is 3.50. The van der Waals surface area contributed by atoms with Gasteiger partial charge >= 0.3 is 0 Å². The molecule has 1 aliphatic heterocycles. The molecule has 1 unspecified atom stereocenters. The lowest BCUT2D eigenvalue weighted by Crippen LogP contribution is -2.40. The first-order valence-electron chi connectivity index (χ1n) is 8.59. The minimum atomic E-state index is 0.147. The third kappa shape index (κ3) is 2.38. The Morgan fingerprint density at radius 1 is 1.16 bits per heavy atom. The van der Waals surface area contributed by atoms with Crippen LogP contribution in [0.4, 0.5) is 5.82 Å². The van der Waals surface area contributed by atoms with E-state index in [1.807, 2.05) is 25.3 Å². The number of pyridine rings is 1. The van der Waals surface area contributed by atoms with E-state index in [-0.39, 0.29) is 12.1 Å². The van der Waals surface area contributed by atoms with Crippen LogP contribution >= 0.6 is 0 Å². The molecule has 0 spiro atoms. The van der Waals surface area contributed by atoms with E-state index in [2.05, 4.69) is 50.4 Å². The molecule has 3 aromatic rings. The quantitative estimate of drug-likeness (QED) is 0.732. The SMILES string of the molecule is CCC1c2nnc(C)n2-c2cnc(-c3ccncc3)nc2N1C(C)C. The maximum Gasteiger partial charge on any atom is 0.161 e. The fraction of sp³-hybridized carbons (Fsp3) is 0.389. The van der Waals surface area contributed by atoms with Gasteiger partial charge in [0.1, 0.15) is 11.5 Å². The van der Waals surface area contributed by atoms with E-state index in [0.29, 0.717) is 5.82 Å². The first-order valence-corrected chi connectivity index (χ1v) is 8.59. The third-order valence-corrected chi connectivity index (χ3v) is 4.60. The number of hydrogen-bond donors (Lipinski definition) is 0. The second-order valence-electron chi connectivity index (χ2n) is 6.50. The monoisotopic (exact) mass is 335 g/mol. The summed E-state index contributed by atoms with van der Waals surface area (Å²) in [5.41, 5.74) is 1.90. The van der Waals surface area contributed by atoms with Gasteiger partial charge < -0.3 is 4.90 Å². The summed E-state index contributed by atoms with van der Waals surface area (Å²) in [6, 6.07) is 4.29. The normalized spacial score (nSPS) is 16.0. The minimum absolute atomic E-state index is 0.147. The van der Waals surface area contributed by atoms with Gasteiger partial charge in [-0.1, -0.05) is 6.92 Å². The molecular weight excluding hydrogens is 314 g/mol. The Bertz CT molecular complexity index is 901. The molecule has 4 rings (SSSR count). The van der Waals surface area contributed by atoms with E-state index >= 15 is 0 Å². The second-order valence-corrected chi connectivity index (χ2v) is 6.50. The molecule has 128 valence electrons. The molecule has 4 heterocycles. The Balaban J connectivity index is 1.95. The highest BCUT2D eigenvalue weighted by atomic mass is 15.4. The highest BCUT2D eigenvalue weighted by Crippen LogP contribution is 2.40. The van der Waals surface area contributed by atoms with Crippen molar-refractivity contribution < 1.29 is 0 Å². The van der Waals surface area contributed by atoms with Crippen LogP contribution in [0.1, 0.15) is 44.9 Å². The molecule has 1 aliphatic rings. The molecule has 0 radical (unpaired) electrons. The van der Waals surface area contributed by atoms with Gasteiger partial charge in [0, 0.05) is 24.0 Å². The number of nitrogens with zero attached hydrogens (tertiary/aromatic N) is 7. The van der Waals surface area contributed by atoms with Crippen LogP contribution in [0, 0.1) is 6.92 Å². The number of anilines is 1. The van der Waals surface area contributed by atoms with Gasteiger partial charge in [-0.25, -0.2) is 9.97 Å². The summed E-state index contributed by atoms with van der Waals surface area (Å²) >= 11 is 0. The molecule has 3 aromatic heterocycles. The van der Waals surface area contributed by atoms with Crippen LogP contribution in [0.3, 0.4) is 0 Å². The Hall–Kier alpha value is -2.83. The van der Waals surface area contributed by atoms with Crippen molar-refractivity contribution in [2.75, 3.05) is 4.90 Å². The topological polar surface area (TPSA) is 72.6 Å². The first-order chi connectivity index (χ1) is 12.1. The molecule has 0 fully saturated rings. The summed E-state index contributed by atoms with van der Waals surface area (Å²) < 4.78 is 2.08. The summed E-state index contributed by atoms with van der Waals surface area (Å²) in [4.78, 5) is 15.9. The number of aromatic nitrogens is 6. The number of fused-ring (bicyclic) bond motifs is 3. The highest BCUT2D eigenvalue weighted by Gasteiger charge is 2.36. The highest BCUT2D eigenvalue weighted by molar-refractivity contribution is 5.66. The zero-order chi connectivity index (χ0) is 17.6. The molecule has 25 heavy (non-hydrogen) atoms. The summed E-state index contributed by atoms with van der Waals surface area (Å²) in [7, 11) is 0. The van der Waals surface area contributed by atoms with Crippen molar-refractivity contribution in [3.05, 3.63) is 42.4 Å². The molecule has 1 atom stereocenters. The van der Waals surface area contributed by atoms with Crippen molar-refractivity contribution in [3.8, 4) is 17.1 Å². The van der Waals surface area contributed by atoms with Crippen LogP contribution in [-0.2, 0) is 0 Å². The van der Waals surface area contributed by atoms with E-state index in [0.717, 1.165) is 35.1 Å². The number of rotatable bonds is 3. The van der Waals surface area contributed by atoms with Gasteiger partial charge in [-0.3, -0.25) is 9.55 Å². The van der Waals surface area contributed by atoms with Crippen molar-refractivity contribution in [2.45, 2.75) is 46.2 Å². The average molecular weight is 335 g/mol. The summed E-state index contributed by atoms with van der Waals surface area (Å²) in [6.07, 6.45) is 6.33. The van der Waals surface area contributed by atoms with Crippen LogP contribution in [0.5, 0.6) is 0 Å². The van der Waals surface area contributed by atoms with Crippen LogP contribution in [0.15, 0.2) is 30.7 Å². The minimum Gasteiger partial charge on any atom is -0.342 e. The van der Waals surface area contributed by atoms with Crippen LogP contribution < -0.4 is 4.90 Å². The molecule has 7 nitrogen and oxygen atoms in total. The standard InChI is InChI=1S/C18H21N7/c1-5-14-18-23-22-12(4)25(18)15-10-20-16(13-6-8-19-9-7-13)21-17(15)24(14)11(2)3/h6-11,14H,5H2,1-4H3. The molecule has 0 amide bonds. The average Bonchev–Trinajstić information content (AvgIpc) is 3.02. The van der Waals surface area contributed by atoms with Gasteiger partial charge in [0.2, 0.25) is 0 Å². The second kappa shape index (κ2) is 5.91. The number of aryl methyl sites for hydroxylation is 1. The van der Waals surface area contributed by atoms with Crippen LogP contribution in [-0.4, -0.2) is 35.8 Å². The number of hydrogen-bond acceptors (Lipinski definition) is 6. The maximum absolute atomic E-state index is 4.91. The van der Waals surface area contributed by atoms with Gasteiger partial charge in [0.05, 0.1) is 12.2 Å². The molecular formula is C18H21N7. The van der Waals surface area contributed by atoms with E-state index < -0.39 is 0 Å². The summed E-state index contributed by atoms with van der Waals surface area (Å²) in [5, 5.41) is 8.72. The van der Waals surface area contributed by atoms with Gasteiger partial charge in [-0.15, -0.1) is 10.2 Å². The molecule has 0 bridgehead atoms. The van der Waals surface area contributed by atoms with Gasteiger partial charge in [-0.2, -0.15) is 0 Å². The first kappa shape index (κ1) is 15.7. The smallest absolute Gasteiger partial charge is 0.161 e. The molecule has 0 N–H and O–H groups in total. The van der Waals surface area contributed by atoms with Crippen molar-refractivity contribution in [2.24, 2.45) is 0 Å². The van der Waals surface area contributed by atoms with Crippen molar-refractivity contribution in [1.29, 1.82) is 0 Å². The summed E-state index contributed by atoms with van der Waals surface area (Å²) in [6.45, 7) is 8.50. The Morgan fingerprint density at radius 2 is 1.92 bits per heavy atom. The lowest BCUT2D eigenvalue weighted by atomic mass is 10.1. The molecule has 0 saturated carbocycles. The van der Waals surface area contributed by atoms with E-state index in [1.54, 1.807) is 12.4 Å². The van der Waals surface area contributed by atoms with E-state index in [4.69, 9.17) is 4.98 Å². The Labute approximate surface area is 146 Å². The van der Waals surface area contributed by atoms with Crippen LogP contribution in [0.2, 0.25) is 0 Å². The zero-order valence-corrected chi connectivity index (χ0v) is 14.9. The third-order valence-electron chi connectivity index (χ3n) is 4.60. The predicted molar refractivity (Wildman–Crippen MR) is 95.6 cm³/mol. The fourth-order valence-electron chi connectivity index (χ4n) is 3.50. The van der Waals surface area contributed by atoms with Gasteiger partial charge in [-0.05, 0) is 39.3 Å². The van der Waals surface area contributed by atoms with Gasteiger partial charge in [0.15, 0.2) is 17.5 Å². The lowest BCUT2D eigenvalue weighted by Gasteiger charge is -2.39. The summed E-state index contributed by atoms with van der Waals surface area (Å²) in [5.74, 6) is 3.45. The predicted octanol–water partition coefficient (Wildman–Crippen LogP) is 3.11. The Kier molecular flexibility index (Phi) is 3.71. The van der Waals surface area contributed by atoms with Crippen molar-refractivity contribution in [1.82, 2.24) is 29.7 Å². The van der Waals surface area contributed by atoms with Crippen molar-refractivity contribution in [3.63, 3.8) is 0 Å². The molecule has 0 saturated heterocycles. The molecule has 0 aliphatic carbocycles. The van der Waals surface area contributed by atoms with E-state index in [1.165, 1.54) is 0 Å². The Morgan fingerprint density at radius 3 is 2.60 bits per heavy atom. The van der Waals surface area contributed by atoms with Crippen molar-refractivity contribution >= 4 is 5.82 Å². The molecule has 0 aromatic carbocycles. The van der Waals surface area contributed by atoms with Crippen LogP contribution in [0.25, 0.3) is 17.1 Å². The molecule has 7 heteroatoms. The van der Waals surface area contributed by atoms with Gasteiger partial charge in [0.25, 0.3) is 0 Å². The zero-order valence-electron chi connectivity index (χ0n) is 14.9.